The van der Waals surface area contributed by atoms with Gasteiger partial charge in [-0.2, -0.15) is 0 Å². The number of nitrogens with two attached hydrogens (primary N) is 1. The van der Waals surface area contributed by atoms with Gasteiger partial charge < -0.3 is 35.1 Å². The van der Waals surface area contributed by atoms with Crippen molar-refractivity contribution in [1.29, 1.82) is 0 Å². The number of likely N-dealkylation sites (tertiary alicyclic amines) is 2. The van der Waals surface area contributed by atoms with E-state index in [0.717, 1.165) is 75.4 Å². The Morgan fingerprint density at radius 1 is 1.20 bits per heavy atom. The van der Waals surface area contributed by atoms with Crippen LogP contribution in [0.25, 0.3) is 0 Å². The molecular weight excluding hydrogens is 542 g/mol. The number of amides is 1. The van der Waals surface area contributed by atoms with Crippen molar-refractivity contribution in [2.45, 2.75) is 75.7 Å². The van der Waals surface area contributed by atoms with Gasteiger partial charge in [-0.1, -0.05) is 18.2 Å². The number of amidine groups is 1. The highest BCUT2D eigenvalue weighted by Gasteiger charge is 2.40. The molecule has 5 rings (SSSR count). The van der Waals surface area contributed by atoms with Crippen molar-refractivity contribution in [1.82, 2.24) is 15.1 Å². The van der Waals surface area contributed by atoms with Crippen LogP contribution >= 0.6 is 11.6 Å². The number of carbonyl (C=O) groups is 1. The number of ether oxygens (including phenoxy) is 3. The zero-order chi connectivity index (χ0) is 29.0. The van der Waals surface area contributed by atoms with Crippen LogP contribution in [0.4, 0.5) is 0 Å². The lowest BCUT2D eigenvalue weighted by Gasteiger charge is -2.45. The van der Waals surface area contributed by atoms with Crippen LogP contribution in [0.15, 0.2) is 47.2 Å². The fourth-order valence-electron chi connectivity index (χ4n) is 6.61. The summed E-state index contributed by atoms with van der Waals surface area (Å²) in [5, 5.41) is 4.49. The topological polar surface area (TPSA) is 102 Å². The minimum Gasteiger partial charge on any atom is -0.487 e. The highest BCUT2D eigenvalue weighted by molar-refractivity contribution is 6.30. The van der Waals surface area contributed by atoms with E-state index < -0.39 is 0 Å². The lowest BCUT2D eigenvalue weighted by molar-refractivity contribution is -0.128. The van der Waals surface area contributed by atoms with E-state index in [9.17, 15) is 4.79 Å². The molecule has 0 radical (unpaired) electrons. The molecule has 9 nitrogen and oxygen atoms in total. The van der Waals surface area contributed by atoms with Crippen LogP contribution in [0.5, 0.6) is 5.75 Å². The third-order valence-corrected chi connectivity index (χ3v) is 9.43. The van der Waals surface area contributed by atoms with E-state index in [-0.39, 0.29) is 29.4 Å². The minimum atomic E-state index is -0.193. The van der Waals surface area contributed by atoms with Gasteiger partial charge in [0.25, 0.3) is 5.91 Å². The maximum atomic E-state index is 13.5. The standard InChI is InChI=1S/C31H44ClN5O4/c1-4-34-29(36-16-12-31(13-17-36)11-7-22-19-23(32)5-6-26(22)41-31)21(2)28(33)30(38)37-14-8-24(9-15-37)35-25-10-18-40-20-27(25)39-3/h4-6,19,24-25,27,35H,1,7-18,20,33H2,2-3H3/b28-21-,34-29?/t25-,27+/m0/s1. The van der Waals surface area contributed by atoms with Crippen molar-refractivity contribution in [3.8, 4) is 5.75 Å². The van der Waals surface area contributed by atoms with E-state index in [0.29, 0.717) is 37.1 Å². The van der Waals surface area contributed by atoms with Gasteiger partial charge in [0.05, 0.1) is 12.7 Å². The van der Waals surface area contributed by atoms with Crippen LogP contribution in [0.2, 0.25) is 5.02 Å². The number of nitrogens with one attached hydrogen (secondary N) is 1. The van der Waals surface area contributed by atoms with Gasteiger partial charge in [-0.05, 0) is 62.8 Å². The van der Waals surface area contributed by atoms with Crippen molar-refractivity contribution in [2.75, 3.05) is 46.5 Å². The van der Waals surface area contributed by atoms with Crippen molar-refractivity contribution in [2.24, 2.45) is 10.7 Å². The van der Waals surface area contributed by atoms with Crippen LogP contribution in [0.3, 0.4) is 0 Å². The van der Waals surface area contributed by atoms with Gasteiger partial charge in [0, 0.05) is 81.6 Å². The normalized spacial score (nSPS) is 25.8. The summed E-state index contributed by atoms with van der Waals surface area (Å²) >= 11 is 6.18. The van der Waals surface area contributed by atoms with Gasteiger partial charge in [-0.25, -0.2) is 4.99 Å². The number of carbonyl (C=O) groups excluding carboxylic acids is 1. The average Bonchev–Trinajstić information content (AvgIpc) is 3.00. The van der Waals surface area contributed by atoms with Crippen LogP contribution in [-0.2, 0) is 20.7 Å². The van der Waals surface area contributed by atoms with E-state index in [4.69, 9.17) is 31.5 Å². The Morgan fingerprint density at radius 2 is 1.95 bits per heavy atom. The molecule has 10 heteroatoms. The average molecular weight is 586 g/mol. The largest absolute Gasteiger partial charge is 0.487 e. The zero-order valence-electron chi connectivity index (χ0n) is 24.4. The minimum absolute atomic E-state index is 0.0662. The molecule has 224 valence electrons. The third-order valence-electron chi connectivity index (χ3n) is 9.20. The first-order valence-corrected chi connectivity index (χ1v) is 15.2. The Kier molecular flexibility index (Phi) is 9.59. The molecule has 4 aliphatic rings. The number of benzene rings is 1. The molecule has 4 heterocycles. The number of rotatable bonds is 6. The number of fused-ring (bicyclic) bond motifs is 1. The molecular formula is C31H44ClN5O4. The van der Waals surface area contributed by atoms with Crippen LogP contribution in [0.1, 0.15) is 51.0 Å². The first-order chi connectivity index (χ1) is 19.8. The molecule has 1 aromatic rings. The van der Waals surface area contributed by atoms with Gasteiger partial charge in [-0.15, -0.1) is 0 Å². The molecule has 0 unspecified atom stereocenters. The number of nitrogens with zero attached hydrogens (tertiary/aromatic N) is 3. The second-order valence-corrected chi connectivity index (χ2v) is 12.1. The Balaban J connectivity index is 1.18. The number of piperidine rings is 2. The second kappa shape index (κ2) is 13.2. The highest BCUT2D eigenvalue weighted by atomic mass is 35.5. The first kappa shape index (κ1) is 29.9. The zero-order valence-corrected chi connectivity index (χ0v) is 25.1. The van der Waals surface area contributed by atoms with Gasteiger partial charge in [0.1, 0.15) is 22.9 Å². The molecule has 1 spiro atoms. The first-order valence-electron chi connectivity index (χ1n) is 14.9. The number of methoxy groups -OCH3 is 1. The summed E-state index contributed by atoms with van der Waals surface area (Å²) in [6, 6.07) is 6.50. The lowest BCUT2D eigenvalue weighted by atomic mass is 9.83. The fraction of sp³-hybridized carbons (Fsp3) is 0.613. The molecule has 0 aromatic heterocycles. The van der Waals surface area contributed by atoms with Crippen LogP contribution < -0.4 is 15.8 Å². The number of hydrogen-bond donors (Lipinski definition) is 2. The van der Waals surface area contributed by atoms with E-state index in [1.54, 1.807) is 7.11 Å². The van der Waals surface area contributed by atoms with Gasteiger partial charge in [0.15, 0.2) is 0 Å². The fourth-order valence-corrected chi connectivity index (χ4v) is 6.80. The molecule has 1 amide bonds. The van der Waals surface area contributed by atoms with Crippen LogP contribution in [0, 0.1) is 0 Å². The van der Waals surface area contributed by atoms with Gasteiger partial charge in [-0.3, -0.25) is 4.79 Å². The molecule has 3 saturated heterocycles. The van der Waals surface area contributed by atoms with Crippen molar-refractivity contribution < 1.29 is 19.0 Å². The summed E-state index contributed by atoms with van der Waals surface area (Å²) in [5.74, 6) is 1.52. The van der Waals surface area contributed by atoms with Gasteiger partial charge in [0.2, 0.25) is 0 Å². The Hall–Kier alpha value is -2.59. The monoisotopic (exact) mass is 585 g/mol. The number of aliphatic imine (C=N–C) groups is 1. The van der Waals surface area contributed by atoms with Gasteiger partial charge >= 0.3 is 0 Å². The van der Waals surface area contributed by atoms with Crippen molar-refractivity contribution >= 4 is 23.3 Å². The van der Waals surface area contributed by atoms with E-state index in [2.05, 4.69) is 21.8 Å². The third kappa shape index (κ3) is 6.74. The van der Waals surface area contributed by atoms with E-state index in [1.165, 1.54) is 11.8 Å². The Bertz CT molecular complexity index is 1170. The number of halogens is 1. The summed E-state index contributed by atoms with van der Waals surface area (Å²) in [5.41, 5.74) is 8.44. The summed E-state index contributed by atoms with van der Waals surface area (Å²) in [7, 11) is 1.73. The van der Waals surface area contributed by atoms with E-state index >= 15 is 0 Å². The number of aryl methyl sites for hydroxylation is 1. The molecule has 0 saturated carbocycles. The maximum absolute atomic E-state index is 13.5. The molecule has 41 heavy (non-hydrogen) atoms. The van der Waals surface area contributed by atoms with Crippen LogP contribution in [-0.4, -0.2) is 91.8 Å². The lowest BCUT2D eigenvalue weighted by Crippen LogP contribution is -2.54. The molecule has 3 fully saturated rings. The summed E-state index contributed by atoms with van der Waals surface area (Å²) in [6.45, 7) is 9.93. The molecule has 4 aliphatic heterocycles. The number of hydrogen-bond acceptors (Lipinski definition) is 7. The molecule has 3 N–H and O–H groups in total. The smallest absolute Gasteiger partial charge is 0.270 e. The van der Waals surface area contributed by atoms with Crippen molar-refractivity contribution in [3.63, 3.8) is 0 Å². The molecule has 1 aromatic carbocycles. The molecule has 0 bridgehead atoms. The summed E-state index contributed by atoms with van der Waals surface area (Å²) < 4.78 is 17.7. The predicted octanol–water partition coefficient (Wildman–Crippen LogP) is 3.66. The Morgan fingerprint density at radius 3 is 2.66 bits per heavy atom. The van der Waals surface area contributed by atoms with E-state index in [1.807, 2.05) is 30.0 Å². The molecule has 2 atom stereocenters. The summed E-state index contributed by atoms with van der Waals surface area (Å²) in [4.78, 5) is 22.1. The Labute approximate surface area is 248 Å². The second-order valence-electron chi connectivity index (χ2n) is 11.7. The molecule has 0 aliphatic carbocycles. The quantitative estimate of drug-likeness (QED) is 0.298. The highest BCUT2D eigenvalue weighted by Crippen LogP contribution is 2.40. The predicted molar refractivity (Wildman–Crippen MR) is 161 cm³/mol. The SMILES string of the molecule is C=CN=C(/C(C)=C(\N)C(=O)N1CCC(N[C@H]2CCOC[C@H]2OC)CC1)N1CCC2(CCc3cc(Cl)ccc3O2)CC1. The maximum Gasteiger partial charge on any atom is 0.270 e. The van der Waals surface area contributed by atoms with Crippen molar-refractivity contribution in [3.05, 3.63) is 52.8 Å². The summed E-state index contributed by atoms with van der Waals surface area (Å²) in [6.07, 6.45) is 7.93.